The van der Waals surface area contributed by atoms with Gasteiger partial charge in [0.1, 0.15) is 0 Å². The molecule has 2 heteroatoms. The van der Waals surface area contributed by atoms with Crippen LogP contribution in [-0.2, 0) is 0 Å². The summed E-state index contributed by atoms with van der Waals surface area (Å²) in [6.45, 7) is 0. The second-order valence-corrected chi connectivity index (χ2v) is 2.58. The minimum atomic E-state index is 0.911. The van der Waals surface area contributed by atoms with Crippen LogP contribution in [-0.4, -0.2) is 11.6 Å². The van der Waals surface area contributed by atoms with Gasteiger partial charge in [-0.1, -0.05) is 30.3 Å². The van der Waals surface area contributed by atoms with Gasteiger partial charge in [0.15, 0.2) is 0 Å². The zero-order chi connectivity index (χ0) is 8.93. The molecule has 1 aromatic rings. The average molecular weight is 168 g/mol. The molecule has 1 heterocycles. The molecule has 0 bridgehead atoms. The maximum absolute atomic E-state index is 4.19. The van der Waals surface area contributed by atoms with Crippen LogP contribution in [0.1, 0.15) is 5.56 Å². The molecule has 1 aromatic carbocycles. The van der Waals surface area contributed by atoms with Crippen LogP contribution in [0.4, 0.5) is 0 Å². The fourth-order valence-corrected chi connectivity index (χ4v) is 1.11. The third-order valence-corrected chi connectivity index (χ3v) is 1.71. The van der Waals surface area contributed by atoms with Crippen LogP contribution >= 0.6 is 0 Å². The van der Waals surface area contributed by atoms with Gasteiger partial charge in [-0.15, -0.1) is 0 Å². The predicted octanol–water partition coefficient (Wildman–Crippen LogP) is 2.19. The van der Waals surface area contributed by atoms with Crippen LogP contribution in [0.15, 0.2) is 58.8 Å². The standard InChI is InChI=1S/C11H8N2/c1-2-4-10(5-3-1)11-6-7-12-8-9-13-11/h1-7,9H. The SMILES string of the molecule is C1=CN=C(c2ccccc2)C=CN=1. The second kappa shape index (κ2) is 3.65. The van der Waals surface area contributed by atoms with E-state index in [-0.39, 0.29) is 0 Å². The minimum absolute atomic E-state index is 0.911. The lowest BCUT2D eigenvalue weighted by Crippen LogP contribution is -1.94. The van der Waals surface area contributed by atoms with E-state index in [9.17, 15) is 0 Å². The third-order valence-electron chi connectivity index (χ3n) is 1.71. The molecule has 0 N–H and O–H groups in total. The van der Waals surface area contributed by atoms with Crippen molar-refractivity contribution in [2.75, 3.05) is 0 Å². The summed E-state index contributed by atoms with van der Waals surface area (Å²) in [5.41, 5.74) is 2.00. The summed E-state index contributed by atoms with van der Waals surface area (Å²) in [7, 11) is 0. The van der Waals surface area contributed by atoms with Crippen LogP contribution in [0.2, 0.25) is 0 Å². The number of hydrogen-bond donors (Lipinski definition) is 0. The highest BCUT2D eigenvalue weighted by molar-refractivity contribution is 6.09. The summed E-state index contributed by atoms with van der Waals surface area (Å²) < 4.78 is 0. The van der Waals surface area contributed by atoms with Crippen molar-refractivity contribution in [3.63, 3.8) is 0 Å². The van der Waals surface area contributed by atoms with Crippen LogP contribution in [0.5, 0.6) is 0 Å². The Morgan fingerprint density at radius 2 is 1.92 bits per heavy atom. The lowest BCUT2D eigenvalue weighted by molar-refractivity contribution is 1.56. The van der Waals surface area contributed by atoms with Crippen LogP contribution in [0.3, 0.4) is 0 Å². The van der Waals surface area contributed by atoms with Crippen LogP contribution in [0, 0.1) is 0 Å². The lowest BCUT2D eigenvalue weighted by Gasteiger charge is -1.97. The Morgan fingerprint density at radius 3 is 2.77 bits per heavy atom. The Morgan fingerprint density at radius 1 is 1.08 bits per heavy atom. The lowest BCUT2D eigenvalue weighted by atomic mass is 10.1. The van der Waals surface area contributed by atoms with E-state index in [1.165, 1.54) is 0 Å². The molecule has 0 spiro atoms. The van der Waals surface area contributed by atoms with E-state index in [0.29, 0.717) is 0 Å². The van der Waals surface area contributed by atoms with E-state index >= 15 is 0 Å². The van der Waals surface area contributed by atoms with Gasteiger partial charge in [-0.3, -0.25) is 0 Å². The zero-order valence-corrected chi connectivity index (χ0v) is 7.01. The van der Waals surface area contributed by atoms with E-state index in [1.807, 2.05) is 36.4 Å². The normalized spacial score (nSPS) is 14.0. The van der Waals surface area contributed by atoms with Crippen molar-refractivity contribution in [2.24, 2.45) is 9.98 Å². The molecule has 2 nitrogen and oxygen atoms in total. The van der Waals surface area contributed by atoms with E-state index < -0.39 is 0 Å². The summed E-state index contributed by atoms with van der Waals surface area (Å²) in [5.74, 6) is 2.67. The van der Waals surface area contributed by atoms with Crippen LogP contribution in [0.25, 0.3) is 0 Å². The molecule has 2 rings (SSSR count). The number of benzene rings is 1. The fraction of sp³-hybridized carbons (Fsp3) is 0. The number of nitrogens with zero attached hydrogens (tertiary/aromatic N) is 2. The van der Waals surface area contributed by atoms with Crippen molar-refractivity contribution < 1.29 is 0 Å². The molecule has 13 heavy (non-hydrogen) atoms. The number of rotatable bonds is 1. The molecule has 0 saturated carbocycles. The van der Waals surface area contributed by atoms with Crippen molar-refractivity contribution >= 4 is 11.6 Å². The van der Waals surface area contributed by atoms with Gasteiger partial charge in [-0.05, 0) is 6.08 Å². The smallest absolute Gasteiger partial charge is 0.0889 e. The minimum Gasteiger partial charge on any atom is -0.246 e. The van der Waals surface area contributed by atoms with E-state index in [0.717, 1.165) is 11.3 Å². The highest BCUT2D eigenvalue weighted by atomic mass is 14.8. The summed E-state index contributed by atoms with van der Waals surface area (Å²) in [5, 5.41) is 0. The molecule has 0 aromatic heterocycles. The topological polar surface area (TPSA) is 24.7 Å². The summed E-state index contributed by atoms with van der Waals surface area (Å²) in [6, 6.07) is 9.99. The number of aliphatic imine (C=N–C) groups is 2. The zero-order valence-electron chi connectivity index (χ0n) is 7.01. The van der Waals surface area contributed by atoms with Crippen molar-refractivity contribution in [3.05, 3.63) is 54.4 Å². The van der Waals surface area contributed by atoms with Gasteiger partial charge in [0.05, 0.1) is 11.9 Å². The molecule has 0 amide bonds. The summed E-state index contributed by atoms with van der Waals surface area (Å²) in [4.78, 5) is 8.04. The molecule has 0 fully saturated rings. The molecule has 0 radical (unpaired) electrons. The quantitative estimate of drug-likeness (QED) is 0.614. The van der Waals surface area contributed by atoms with Gasteiger partial charge >= 0.3 is 0 Å². The van der Waals surface area contributed by atoms with Crippen molar-refractivity contribution in [1.29, 1.82) is 0 Å². The molecule has 0 saturated heterocycles. The van der Waals surface area contributed by atoms with Gasteiger partial charge < -0.3 is 0 Å². The monoisotopic (exact) mass is 168 g/mol. The molecule has 0 aliphatic carbocycles. The van der Waals surface area contributed by atoms with Crippen molar-refractivity contribution in [3.8, 4) is 0 Å². The van der Waals surface area contributed by atoms with Gasteiger partial charge in [-0.25, -0.2) is 9.98 Å². The van der Waals surface area contributed by atoms with E-state index in [2.05, 4.69) is 15.9 Å². The first kappa shape index (κ1) is 7.71. The van der Waals surface area contributed by atoms with Gasteiger partial charge in [-0.2, -0.15) is 0 Å². The molecule has 0 unspecified atom stereocenters. The highest BCUT2D eigenvalue weighted by Crippen LogP contribution is 2.03. The highest BCUT2D eigenvalue weighted by Gasteiger charge is 1.97. The first-order chi connectivity index (χ1) is 6.47. The van der Waals surface area contributed by atoms with E-state index in [4.69, 9.17) is 0 Å². The number of hydrogen-bond acceptors (Lipinski definition) is 2. The maximum Gasteiger partial charge on any atom is 0.0889 e. The molecular formula is C11H8N2. The van der Waals surface area contributed by atoms with Crippen LogP contribution < -0.4 is 0 Å². The average Bonchev–Trinajstić information content (AvgIpc) is 2.47. The predicted molar refractivity (Wildman–Crippen MR) is 54.1 cm³/mol. The largest absolute Gasteiger partial charge is 0.246 e. The summed E-state index contributed by atoms with van der Waals surface area (Å²) >= 11 is 0. The fourth-order valence-electron chi connectivity index (χ4n) is 1.11. The maximum atomic E-state index is 4.19. The number of allylic oxidation sites excluding steroid dienone is 1. The Kier molecular flexibility index (Phi) is 2.17. The first-order valence-electron chi connectivity index (χ1n) is 4.03. The molecule has 62 valence electrons. The van der Waals surface area contributed by atoms with Gasteiger partial charge in [0.25, 0.3) is 0 Å². The van der Waals surface area contributed by atoms with Gasteiger partial charge in [0, 0.05) is 17.6 Å². The molecule has 1 aliphatic rings. The Bertz CT molecular complexity index is 407. The summed E-state index contributed by atoms with van der Waals surface area (Å²) in [6.07, 6.45) is 5.13. The molecular weight excluding hydrogens is 160 g/mol. The Balaban J connectivity index is 2.39. The molecule has 1 aliphatic heterocycles. The van der Waals surface area contributed by atoms with Crippen molar-refractivity contribution in [1.82, 2.24) is 0 Å². The Labute approximate surface area is 76.7 Å². The second-order valence-electron chi connectivity index (χ2n) is 2.58. The molecule has 0 atom stereocenters. The first-order valence-corrected chi connectivity index (χ1v) is 4.03. The van der Waals surface area contributed by atoms with Gasteiger partial charge in [0.2, 0.25) is 0 Å². The van der Waals surface area contributed by atoms with E-state index in [1.54, 1.807) is 12.4 Å². The van der Waals surface area contributed by atoms with Crippen molar-refractivity contribution in [2.45, 2.75) is 0 Å². The Hall–Kier alpha value is -1.92. The third kappa shape index (κ3) is 1.81.